The van der Waals surface area contributed by atoms with E-state index in [0.29, 0.717) is 17.1 Å². The molecule has 146 valence electrons. The number of fused-ring (bicyclic) bond motifs is 1. The summed E-state index contributed by atoms with van der Waals surface area (Å²) in [5.41, 5.74) is 3.28. The number of rotatable bonds is 6. The van der Waals surface area contributed by atoms with Gasteiger partial charge in [0.05, 0.1) is 5.52 Å². The van der Waals surface area contributed by atoms with Gasteiger partial charge in [-0.2, -0.15) is 0 Å². The number of thioether (sulfide) groups is 1. The van der Waals surface area contributed by atoms with E-state index in [-0.39, 0.29) is 11.0 Å². The molecule has 2 aromatic heterocycles. The molecule has 5 nitrogen and oxygen atoms in total. The van der Waals surface area contributed by atoms with Crippen LogP contribution in [0.5, 0.6) is 0 Å². The third-order valence-corrected chi connectivity index (χ3v) is 6.12. The minimum atomic E-state index is -0.0161. The van der Waals surface area contributed by atoms with Gasteiger partial charge in [0.1, 0.15) is 12.0 Å². The Morgan fingerprint density at radius 1 is 1.17 bits per heavy atom. The highest BCUT2D eigenvalue weighted by atomic mass is 35.5. The molecular formula is C22H19ClN4OS. The molecule has 0 aliphatic rings. The predicted molar refractivity (Wildman–Crippen MR) is 117 cm³/mol. The average molecular weight is 423 g/mol. The van der Waals surface area contributed by atoms with Crippen molar-refractivity contribution in [2.75, 3.05) is 0 Å². The van der Waals surface area contributed by atoms with Crippen LogP contribution in [-0.4, -0.2) is 25.5 Å². The summed E-state index contributed by atoms with van der Waals surface area (Å²) in [5, 5.41) is 10.7. The second kappa shape index (κ2) is 8.35. The molecule has 4 rings (SSSR count). The van der Waals surface area contributed by atoms with E-state index in [1.54, 1.807) is 30.2 Å². The normalized spacial score (nSPS) is 12.2. The highest BCUT2D eigenvalue weighted by molar-refractivity contribution is 7.99. The topological polar surface area (TPSA) is 60.7 Å². The molecule has 0 spiro atoms. The van der Waals surface area contributed by atoms with Gasteiger partial charge in [0, 0.05) is 29.1 Å². The quantitative estimate of drug-likeness (QED) is 0.312. The third-order valence-electron chi connectivity index (χ3n) is 4.68. The summed E-state index contributed by atoms with van der Waals surface area (Å²) in [6.45, 7) is 2.12. The third kappa shape index (κ3) is 4.49. The summed E-state index contributed by atoms with van der Waals surface area (Å²) in [4.78, 5) is 17.3. The average Bonchev–Trinajstić information content (AvgIpc) is 3.12. The lowest BCUT2D eigenvalue weighted by molar-refractivity contribution is 0.0988. The number of hydrogen-bond donors (Lipinski definition) is 0. The Labute approximate surface area is 178 Å². The SMILES string of the molecule is CC(Sc1nncn1C)c1cccc(CC(=O)c2ccc3ccc(Cl)cc3n2)c1. The molecule has 4 aromatic rings. The monoisotopic (exact) mass is 422 g/mol. The minimum absolute atomic E-state index is 0.0161. The summed E-state index contributed by atoms with van der Waals surface area (Å²) < 4.78 is 1.90. The van der Waals surface area contributed by atoms with Gasteiger partial charge in [-0.05, 0) is 36.2 Å². The molecule has 0 bridgehead atoms. The first-order chi connectivity index (χ1) is 14.0. The van der Waals surface area contributed by atoms with Crippen LogP contribution in [0.15, 0.2) is 66.1 Å². The number of carbonyl (C=O) groups is 1. The fourth-order valence-corrected chi connectivity index (χ4v) is 4.16. The Morgan fingerprint density at radius 2 is 2.00 bits per heavy atom. The van der Waals surface area contributed by atoms with Gasteiger partial charge in [-0.1, -0.05) is 59.8 Å². The number of hydrogen-bond acceptors (Lipinski definition) is 5. The lowest BCUT2D eigenvalue weighted by Crippen LogP contribution is -2.06. The van der Waals surface area contributed by atoms with Crippen molar-refractivity contribution in [2.24, 2.45) is 7.05 Å². The highest BCUT2D eigenvalue weighted by Crippen LogP contribution is 2.33. The van der Waals surface area contributed by atoms with E-state index in [9.17, 15) is 4.79 Å². The van der Waals surface area contributed by atoms with Crippen molar-refractivity contribution in [3.8, 4) is 0 Å². The van der Waals surface area contributed by atoms with Gasteiger partial charge in [0.15, 0.2) is 10.9 Å². The molecule has 0 N–H and O–H groups in total. The number of pyridine rings is 1. The van der Waals surface area contributed by atoms with E-state index >= 15 is 0 Å². The molecule has 2 heterocycles. The first-order valence-electron chi connectivity index (χ1n) is 9.18. The van der Waals surface area contributed by atoms with Crippen molar-refractivity contribution in [2.45, 2.75) is 23.8 Å². The summed E-state index contributed by atoms with van der Waals surface area (Å²) in [5.74, 6) is -0.0161. The van der Waals surface area contributed by atoms with Crippen molar-refractivity contribution in [1.82, 2.24) is 19.7 Å². The maximum absolute atomic E-state index is 12.8. The molecule has 2 aromatic carbocycles. The smallest absolute Gasteiger partial charge is 0.191 e. The van der Waals surface area contributed by atoms with Crippen molar-refractivity contribution < 1.29 is 4.79 Å². The van der Waals surface area contributed by atoms with Crippen LogP contribution in [-0.2, 0) is 13.5 Å². The van der Waals surface area contributed by atoms with Crippen molar-refractivity contribution in [1.29, 1.82) is 0 Å². The number of aromatic nitrogens is 4. The molecule has 0 saturated heterocycles. The van der Waals surface area contributed by atoms with E-state index in [1.807, 2.05) is 41.9 Å². The summed E-state index contributed by atoms with van der Waals surface area (Å²) in [7, 11) is 1.92. The number of carbonyl (C=O) groups excluding carboxylic acids is 1. The molecule has 1 atom stereocenters. The predicted octanol–water partition coefficient (Wildman–Crippen LogP) is 5.30. The van der Waals surface area contributed by atoms with Crippen LogP contribution in [0, 0.1) is 0 Å². The Balaban J connectivity index is 1.51. The van der Waals surface area contributed by atoms with Gasteiger partial charge in [0.25, 0.3) is 0 Å². The molecule has 29 heavy (non-hydrogen) atoms. The minimum Gasteiger partial charge on any atom is -0.312 e. The number of benzene rings is 2. The number of aryl methyl sites for hydroxylation is 1. The first kappa shape index (κ1) is 19.6. The van der Waals surface area contributed by atoms with Gasteiger partial charge in [-0.25, -0.2) is 4.98 Å². The standard InChI is InChI=1S/C22H19ClN4OS/c1-14(29-22-26-24-13-27(22)2)17-5-3-4-15(10-17)11-21(28)19-9-7-16-6-8-18(23)12-20(16)25-19/h3-10,12-14H,11H2,1-2H3. The van der Waals surface area contributed by atoms with Crippen LogP contribution in [0.1, 0.15) is 33.8 Å². The lowest BCUT2D eigenvalue weighted by Gasteiger charge is -2.12. The van der Waals surface area contributed by atoms with Crippen LogP contribution >= 0.6 is 23.4 Å². The van der Waals surface area contributed by atoms with E-state index < -0.39 is 0 Å². The largest absolute Gasteiger partial charge is 0.312 e. The highest BCUT2D eigenvalue weighted by Gasteiger charge is 2.14. The van der Waals surface area contributed by atoms with Crippen LogP contribution in [0.25, 0.3) is 10.9 Å². The number of halogens is 1. The van der Waals surface area contributed by atoms with E-state index in [2.05, 4.69) is 34.2 Å². The molecule has 0 fully saturated rings. The van der Waals surface area contributed by atoms with Crippen molar-refractivity contribution in [3.63, 3.8) is 0 Å². The van der Waals surface area contributed by atoms with E-state index in [0.717, 1.165) is 27.2 Å². The zero-order valence-corrected chi connectivity index (χ0v) is 17.6. The molecule has 0 saturated carbocycles. The van der Waals surface area contributed by atoms with Gasteiger partial charge in [-0.3, -0.25) is 4.79 Å². The Hall–Kier alpha value is -2.70. The molecular weight excluding hydrogens is 404 g/mol. The zero-order valence-electron chi connectivity index (χ0n) is 16.0. The van der Waals surface area contributed by atoms with E-state index in [4.69, 9.17) is 11.6 Å². The van der Waals surface area contributed by atoms with Gasteiger partial charge in [0.2, 0.25) is 0 Å². The second-order valence-corrected chi connectivity index (χ2v) is 8.61. The first-order valence-corrected chi connectivity index (χ1v) is 10.4. The number of Topliss-reactive ketones (excluding diaryl/α,β-unsaturated/α-hetero) is 1. The maximum atomic E-state index is 12.8. The Bertz CT molecular complexity index is 1190. The maximum Gasteiger partial charge on any atom is 0.191 e. The Kier molecular flexibility index (Phi) is 5.65. The number of nitrogens with zero attached hydrogens (tertiary/aromatic N) is 4. The van der Waals surface area contributed by atoms with Crippen LogP contribution in [0.4, 0.5) is 0 Å². The van der Waals surface area contributed by atoms with Gasteiger partial charge >= 0.3 is 0 Å². The van der Waals surface area contributed by atoms with Crippen LogP contribution < -0.4 is 0 Å². The fraction of sp³-hybridized carbons (Fsp3) is 0.182. The number of ketones is 1. The van der Waals surface area contributed by atoms with Gasteiger partial charge in [-0.15, -0.1) is 10.2 Å². The lowest BCUT2D eigenvalue weighted by atomic mass is 10.0. The summed E-state index contributed by atoms with van der Waals surface area (Å²) >= 11 is 7.69. The summed E-state index contributed by atoms with van der Waals surface area (Å²) in [6.07, 6.45) is 1.99. The zero-order chi connectivity index (χ0) is 20.4. The van der Waals surface area contributed by atoms with Crippen molar-refractivity contribution in [3.05, 3.63) is 82.8 Å². The second-order valence-electron chi connectivity index (χ2n) is 6.86. The Morgan fingerprint density at radius 3 is 2.79 bits per heavy atom. The van der Waals surface area contributed by atoms with E-state index in [1.165, 1.54) is 0 Å². The molecule has 7 heteroatoms. The molecule has 0 aliphatic carbocycles. The fourth-order valence-electron chi connectivity index (χ4n) is 3.08. The van der Waals surface area contributed by atoms with Crippen molar-refractivity contribution >= 4 is 40.0 Å². The van der Waals surface area contributed by atoms with Crippen LogP contribution in [0.3, 0.4) is 0 Å². The van der Waals surface area contributed by atoms with Gasteiger partial charge < -0.3 is 4.57 Å². The molecule has 1 unspecified atom stereocenters. The molecule has 0 radical (unpaired) electrons. The molecule has 0 amide bonds. The van der Waals surface area contributed by atoms with Crippen LogP contribution in [0.2, 0.25) is 5.02 Å². The molecule has 0 aliphatic heterocycles. The summed E-state index contributed by atoms with van der Waals surface area (Å²) in [6, 6.07) is 17.3.